The van der Waals surface area contributed by atoms with Gasteiger partial charge in [-0.1, -0.05) is 55.5 Å². The van der Waals surface area contributed by atoms with Gasteiger partial charge in [0.05, 0.1) is 0 Å². The number of hydrogen-bond donors (Lipinski definition) is 1. The van der Waals surface area contributed by atoms with Crippen LogP contribution in [-0.2, 0) is 13.1 Å². The van der Waals surface area contributed by atoms with Crippen LogP contribution in [-0.4, -0.2) is 12.6 Å². The molecule has 0 spiro atoms. The fourth-order valence-corrected chi connectivity index (χ4v) is 2.53. The first-order valence-corrected chi connectivity index (χ1v) is 7.81. The molecule has 0 heterocycles. The molecular weight excluding hydrogens is 256 g/mol. The second kappa shape index (κ2) is 7.84. The topological polar surface area (TPSA) is 15.3 Å². The maximum Gasteiger partial charge on any atom is 0.0432 e. The van der Waals surface area contributed by atoms with E-state index in [4.69, 9.17) is 0 Å². The Morgan fingerprint density at radius 1 is 0.952 bits per heavy atom. The number of anilines is 1. The second-order valence-electron chi connectivity index (χ2n) is 5.62. The summed E-state index contributed by atoms with van der Waals surface area (Å²) < 4.78 is 0. The summed E-state index contributed by atoms with van der Waals surface area (Å²) in [5.41, 5.74) is 4.05. The lowest BCUT2D eigenvalue weighted by atomic mass is 10.1. The van der Waals surface area contributed by atoms with Crippen LogP contribution in [0, 0.1) is 0 Å². The van der Waals surface area contributed by atoms with Crippen LogP contribution in [0.1, 0.15) is 31.9 Å². The van der Waals surface area contributed by atoms with E-state index in [1.165, 1.54) is 16.8 Å². The summed E-state index contributed by atoms with van der Waals surface area (Å²) in [6, 6.07) is 19.9. The van der Waals surface area contributed by atoms with Crippen molar-refractivity contribution in [3.63, 3.8) is 0 Å². The highest BCUT2D eigenvalue weighted by atomic mass is 15.2. The minimum absolute atomic E-state index is 0.466. The monoisotopic (exact) mass is 282 g/mol. The van der Waals surface area contributed by atoms with Gasteiger partial charge in [0.15, 0.2) is 0 Å². The Hall–Kier alpha value is -1.80. The highest BCUT2D eigenvalue weighted by molar-refractivity contribution is 5.54. The molecular formula is C19H26N2. The van der Waals surface area contributed by atoms with Gasteiger partial charge >= 0.3 is 0 Å². The van der Waals surface area contributed by atoms with Crippen LogP contribution < -0.4 is 10.2 Å². The maximum atomic E-state index is 3.44. The second-order valence-corrected chi connectivity index (χ2v) is 5.62. The van der Waals surface area contributed by atoms with Crippen molar-refractivity contribution in [3.05, 3.63) is 65.7 Å². The Kier molecular flexibility index (Phi) is 5.82. The molecule has 2 heteroatoms. The molecule has 0 saturated heterocycles. The molecule has 0 radical (unpaired) electrons. The summed E-state index contributed by atoms with van der Waals surface area (Å²) in [6.07, 6.45) is 0. The largest absolute Gasteiger partial charge is 0.365 e. The molecule has 0 saturated carbocycles. The number of hydrogen-bond acceptors (Lipinski definition) is 2. The fourth-order valence-electron chi connectivity index (χ4n) is 2.53. The molecule has 0 aromatic heterocycles. The normalized spacial score (nSPS) is 10.9. The van der Waals surface area contributed by atoms with Crippen molar-refractivity contribution in [2.75, 3.05) is 11.4 Å². The van der Waals surface area contributed by atoms with Crippen LogP contribution in [0.25, 0.3) is 0 Å². The van der Waals surface area contributed by atoms with Crippen LogP contribution >= 0.6 is 0 Å². The van der Waals surface area contributed by atoms with E-state index in [-0.39, 0.29) is 0 Å². The Morgan fingerprint density at radius 2 is 1.62 bits per heavy atom. The number of para-hydroxylation sites is 1. The van der Waals surface area contributed by atoms with Gasteiger partial charge in [-0.15, -0.1) is 0 Å². The lowest BCUT2D eigenvalue weighted by Crippen LogP contribution is -2.31. The van der Waals surface area contributed by atoms with Gasteiger partial charge in [-0.2, -0.15) is 0 Å². The standard InChI is InChI=1S/C19H26N2/c1-4-20-14-18-12-8-9-13-19(18)21(16(2)3)15-17-10-6-5-7-11-17/h5-13,16,20H,4,14-15H2,1-3H3. The summed E-state index contributed by atoms with van der Waals surface area (Å²) in [4.78, 5) is 2.47. The van der Waals surface area contributed by atoms with Gasteiger partial charge in [-0.25, -0.2) is 0 Å². The Morgan fingerprint density at radius 3 is 2.29 bits per heavy atom. The molecule has 21 heavy (non-hydrogen) atoms. The van der Waals surface area contributed by atoms with Crippen LogP contribution in [0.15, 0.2) is 54.6 Å². The van der Waals surface area contributed by atoms with Crippen molar-refractivity contribution in [3.8, 4) is 0 Å². The van der Waals surface area contributed by atoms with Crippen LogP contribution in [0.3, 0.4) is 0 Å². The van der Waals surface area contributed by atoms with Gasteiger partial charge in [0.25, 0.3) is 0 Å². The molecule has 0 unspecified atom stereocenters. The zero-order valence-corrected chi connectivity index (χ0v) is 13.3. The van der Waals surface area contributed by atoms with Crippen molar-refractivity contribution in [1.82, 2.24) is 5.32 Å². The number of nitrogens with one attached hydrogen (secondary N) is 1. The molecule has 2 nitrogen and oxygen atoms in total. The molecule has 2 aromatic rings. The highest BCUT2D eigenvalue weighted by Crippen LogP contribution is 2.24. The minimum atomic E-state index is 0.466. The molecule has 112 valence electrons. The summed E-state index contributed by atoms with van der Waals surface area (Å²) in [5.74, 6) is 0. The van der Waals surface area contributed by atoms with Gasteiger partial charge in [-0.3, -0.25) is 0 Å². The summed E-state index contributed by atoms with van der Waals surface area (Å²) in [5, 5.41) is 3.44. The van der Waals surface area contributed by atoms with Gasteiger partial charge in [0, 0.05) is 24.8 Å². The van der Waals surface area contributed by atoms with Crippen LogP contribution in [0.2, 0.25) is 0 Å². The Labute approximate surface area is 128 Å². The molecule has 0 atom stereocenters. The van der Waals surface area contributed by atoms with Gasteiger partial charge in [-0.05, 0) is 37.6 Å². The van der Waals surface area contributed by atoms with E-state index in [0.29, 0.717) is 6.04 Å². The molecule has 2 aromatic carbocycles. The smallest absolute Gasteiger partial charge is 0.0432 e. The lowest BCUT2D eigenvalue weighted by Gasteiger charge is -2.31. The first kappa shape index (κ1) is 15.6. The Bertz CT molecular complexity index is 534. The third-order valence-electron chi connectivity index (χ3n) is 3.69. The van der Waals surface area contributed by atoms with E-state index in [1.807, 2.05) is 0 Å². The van der Waals surface area contributed by atoms with Gasteiger partial charge < -0.3 is 10.2 Å². The van der Waals surface area contributed by atoms with Crippen molar-refractivity contribution in [1.29, 1.82) is 0 Å². The molecule has 0 amide bonds. The van der Waals surface area contributed by atoms with Gasteiger partial charge in [0.2, 0.25) is 0 Å². The summed E-state index contributed by atoms with van der Waals surface area (Å²) in [7, 11) is 0. The molecule has 0 fully saturated rings. The molecule has 0 bridgehead atoms. The average molecular weight is 282 g/mol. The van der Waals surface area contributed by atoms with E-state index in [0.717, 1.165) is 19.6 Å². The van der Waals surface area contributed by atoms with E-state index in [9.17, 15) is 0 Å². The average Bonchev–Trinajstić information content (AvgIpc) is 2.52. The zero-order valence-electron chi connectivity index (χ0n) is 13.3. The quantitative estimate of drug-likeness (QED) is 0.818. The third-order valence-corrected chi connectivity index (χ3v) is 3.69. The molecule has 0 aliphatic carbocycles. The number of benzene rings is 2. The van der Waals surface area contributed by atoms with Crippen molar-refractivity contribution in [2.24, 2.45) is 0 Å². The van der Waals surface area contributed by atoms with Gasteiger partial charge in [0.1, 0.15) is 0 Å². The first-order chi connectivity index (χ1) is 10.2. The molecule has 1 N–H and O–H groups in total. The van der Waals surface area contributed by atoms with Crippen LogP contribution in [0.5, 0.6) is 0 Å². The van der Waals surface area contributed by atoms with E-state index < -0.39 is 0 Å². The first-order valence-electron chi connectivity index (χ1n) is 7.81. The van der Waals surface area contributed by atoms with E-state index in [1.54, 1.807) is 0 Å². The SMILES string of the molecule is CCNCc1ccccc1N(Cc1ccccc1)C(C)C. The molecule has 0 aliphatic heterocycles. The maximum absolute atomic E-state index is 3.44. The van der Waals surface area contributed by atoms with E-state index in [2.05, 4.69) is 85.6 Å². The van der Waals surface area contributed by atoms with Crippen molar-refractivity contribution < 1.29 is 0 Å². The number of rotatable bonds is 7. The number of nitrogens with zero attached hydrogens (tertiary/aromatic N) is 1. The predicted octanol–water partition coefficient (Wildman–Crippen LogP) is 4.21. The minimum Gasteiger partial charge on any atom is -0.365 e. The van der Waals surface area contributed by atoms with Crippen molar-refractivity contribution >= 4 is 5.69 Å². The third kappa shape index (κ3) is 4.33. The van der Waals surface area contributed by atoms with E-state index >= 15 is 0 Å². The van der Waals surface area contributed by atoms with Crippen molar-refractivity contribution in [2.45, 2.75) is 39.9 Å². The predicted molar refractivity (Wildman–Crippen MR) is 91.6 cm³/mol. The fraction of sp³-hybridized carbons (Fsp3) is 0.368. The molecule has 2 rings (SSSR count). The Balaban J connectivity index is 2.26. The summed E-state index contributed by atoms with van der Waals surface area (Å²) >= 11 is 0. The lowest BCUT2D eigenvalue weighted by molar-refractivity contribution is 0.667. The van der Waals surface area contributed by atoms with Crippen LogP contribution in [0.4, 0.5) is 5.69 Å². The zero-order chi connectivity index (χ0) is 15.1. The molecule has 0 aliphatic rings. The highest BCUT2D eigenvalue weighted by Gasteiger charge is 2.14. The summed E-state index contributed by atoms with van der Waals surface area (Å²) in [6.45, 7) is 9.52.